The van der Waals surface area contributed by atoms with Crippen LogP contribution < -0.4 is 4.74 Å². The molecule has 1 aliphatic rings. The van der Waals surface area contributed by atoms with Gasteiger partial charge in [0.15, 0.2) is 0 Å². The first-order chi connectivity index (χ1) is 13.5. The molecule has 3 heterocycles. The smallest absolute Gasteiger partial charge is 0.387 e. The normalized spacial score (nSPS) is 14.7. The van der Waals surface area contributed by atoms with Crippen LogP contribution in [-0.2, 0) is 0 Å². The van der Waals surface area contributed by atoms with Gasteiger partial charge in [-0.3, -0.25) is 9.59 Å². The highest BCUT2D eigenvalue weighted by Gasteiger charge is 2.28. The third-order valence-electron chi connectivity index (χ3n) is 4.65. The second kappa shape index (κ2) is 7.59. The number of carbonyl (C=O) groups is 2. The first-order valence-electron chi connectivity index (χ1n) is 8.71. The highest BCUT2D eigenvalue weighted by atomic mass is 32.1. The summed E-state index contributed by atoms with van der Waals surface area (Å²) in [5, 5.41) is 2.50. The lowest BCUT2D eigenvalue weighted by Crippen LogP contribution is -2.50. The molecule has 0 radical (unpaired) electrons. The van der Waals surface area contributed by atoms with Crippen molar-refractivity contribution in [3.8, 4) is 5.75 Å². The maximum Gasteiger partial charge on any atom is 0.387 e. The Kier molecular flexibility index (Phi) is 4.99. The molecule has 1 saturated heterocycles. The number of alkyl halides is 2. The standard InChI is InChI=1S/C19H17F2N3O3S/c20-19(21)27-15-5-10-28-16(15)18(26)24-8-6-23(7-9-24)17(25)14-11-12-3-1-2-4-13(12)22-14/h1-5,10-11,19,22H,6-9H2. The molecule has 1 aromatic carbocycles. The summed E-state index contributed by atoms with van der Waals surface area (Å²) in [6.45, 7) is -1.58. The highest BCUT2D eigenvalue weighted by Crippen LogP contribution is 2.28. The Morgan fingerprint density at radius 1 is 1.04 bits per heavy atom. The van der Waals surface area contributed by atoms with Crippen molar-refractivity contribution in [2.24, 2.45) is 0 Å². The molecular weight excluding hydrogens is 388 g/mol. The lowest BCUT2D eigenvalue weighted by Gasteiger charge is -2.34. The van der Waals surface area contributed by atoms with Crippen molar-refractivity contribution in [2.75, 3.05) is 26.2 Å². The van der Waals surface area contributed by atoms with Gasteiger partial charge in [-0.05, 0) is 23.6 Å². The maximum atomic E-state index is 12.7. The van der Waals surface area contributed by atoms with E-state index in [0.717, 1.165) is 22.2 Å². The van der Waals surface area contributed by atoms with Gasteiger partial charge in [-0.25, -0.2) is 0 Å². The van der Waals surface area contributed by atoms with Crippen LogP contribution in [0, 0.1) is 0 Å². The van der Waals surface area contributed by atoms with Gasteiger partial charge in [0.05, 0.1) is 0 Å². The summed E-state index contributed by atoms with van der Waals surface area (Å²) in [4.78, 5) is 31.9. The molecule has 2 aromatic heterocycles. The summed E-state index contributed by atoms with van der Waals surface area (Å²) in [5.74, 6) is -0.592. The van der Waals surface area contributed by atoms with Crippen LogP contribution in [-0.4, -0.2) is 59.4 Å². The molecule has 3 aromatic rings. The van der Waals surface area contributed by atoms with Crippen molar-refractivity contribution in [2.45, 2.75) is 6.61 Å². The number of ether oxygens (including phenoxy) is 1. The Morgan fingerprint density at radius 2 is 1.71 bits per heavy atom. The van der Waals surface area contributed by atoms with E-state index in [1.165, 1.54) is 6.07 Å². The second-order valence-electron chi connectivity index (χ2n) is 6.35. The average molecular weight is 405 g/mol. The Hall–Kier alpha value is -2.94. The molecule has 1 aliphatic heterocycles. The number of piperazine rings is 1. The molecule has 6 nitrogen and oxygen atoms in total. The number of amides is 2. The zero-order valence-electron chi connectivity index (χ0n) is 14.7. The molecule has 0 atom stereocenters. The first-order valence-corrected chi connectivity index (χ1v) is 9.59. The zero-order chi connectivity index (χ0) is 19.7. The van der Waals surface area contributed by atoms with Crippen molar-refractivity contribution in [1.29, 1.82) is 0 Å². The van der Waals surface area contributed by atoms with E-state index in [1.54, 1.807) is 15.2 Å². The summed E-state index contributed by atoms with van der Waals surface area (Å²) in [6, 6.07) is 10.8. The molecule has 0 spiro atoms. The average Bonchev–Trinajstić information content (AvgIpc) is 3.33. The predicted octanol–water partition coefficient (Wildman–Crippen LogP) is 3.43. The van der Waals surface area contributed by atoms with Crippen molar-refractivity contribution in [3.63, 3.8) is 0 Å². The summed E-state index contributed by atoms with van der Waals surface area (Å²) in [5.41, 5.74) is 1.40. The van der Waals surface area contributed by atoms with E-state index in [2.05, 4.69) is 9.72 Å². The maximum absolute atomic E-state index is 12.7. The lowest BCUT2D eigenvalue weighted by molar-refractivity contribution is -0.0499. The molecule has 1 N–H and O–H groups in total. The molecule has 9 heteroatoms. The van der Waals surface area contributed by atoms with Crippen LogP contribution in [0.4, 0.5) is 8.78 Å². The van der Waals surface area contributed by atoms with Gasteiger partial charge in [-0.15, -0.1) is 11.3 Å². The Balaban J connectivity index is 1.41. The van der Waals surface area contributed by atoms with Crippen LogP contribution >= 0.6 is 11.3 Å². The number of H-pyrrole nitrogens is 1. The number of nitrogens with zero attached hydrogens (tertiary/aromatic N) is 2. The minimum absolute atomic E-state index is 0.110. The van der Waals surface area contributed by atoms with E-state index in [4.69, 9.17) is 0 Å². The Bertz CT molecular complexity index is 976. The van der Waals surface area contributed by atoms with E-state index in [9.17, 15) is 18.4 Å². The van der Waals surface area contributed by atoms with Crippen LogP contribution in [0.25, 0.3) is 10.9 Å². The number of nitrogens with one attached hydrogen (secondary N) is 1. The number of halogens is 2. The summed E-state index contributed by atoms with van der Waals surface area (Å²) in [7, 11) is 0. The number of benzene rings is 1. The van der Waals surface area contributed by atoms with Gasteiger partial charge in [0, 0.05) is 37.1 Å². The minimum Gasteiger partial charge on any atom is -0.433 e. The van der Waals surface area contributed by atoms with Gasteiger partial charge in [-0.2, -0.15) is 8.78 Å². The van der Waals surface area contributed by atoms with Gasteiger partial charge in [0.25, 0.3) is 11.8 Å². The molecule has 146 valence electrons. The second-order valence-corrected chi connectivity index (χ2v) is 7.26. The third-order valence-corrected chi connectivity index (χ3v) is 5.54. The van der Waals surface area contributed by atoms with Crippen molar-refractivity contribution in [1.82, 2.24) is 14.8 Å². The number of para-hydroxylation sites is 1. The fraction of sp³-hybridized carbons (Fsp3) is 0.263. The fourth-order valence-corrected chi connectivity index (χ4v) is 4.05. The summed E-state index contributed by atoms with van der Waals surface area (Å²) >= 11 is 1.06. The lowest BCUT2D eigenvalue weighted by atomic mass is 10.2. The molecule has 28 heavy (non-hydrogen) atoms. The largest absolute Gasteiger partial charge is 0.433 e. The van der Waals surface area contributed by atoms with Gasteiger partial charge >= 0.3 is 6.61 Å². The van der Waals surface area contributed by atoms with Gasteiger partial charge in [0.2, 0.25) is 0 Å². The molecule has 0 aliphatic carbocycles. The SMILES string of the molecule is O=C(c1cc2ccccc2[nH]1)N1CCN(C(=O)c2sccc2OC(F)F)CC1. The van der Waals surface area contributed by atoms with Crippen molar-refractivity contribution >= 4 is 34.1 Å². The Morgan fingerprint density at radius 3 is 2.39 bits per heavy atom. The highest BCUT2D eigenvalue weighted by molar-refractivity contribution is 7.12. The van der Waals surface area contributed by atoms with Crippen LogP contribution in [0.2, 0.25) is 0 Å². The predicted molar refractivity (Wildman–Crippen MR) is 101 cm³/mol. The van der Waals surface area contributed by atoms with Gasteiger partial charge in [0.1, 0.15) is 16.3 Å². The number of hydrogen-bond acceptors (Lipinski definition) is 4. The molecule has 0 saturated carbocycles. The van der Waals surface area contributed by atoms with Crippen LogP contribution in [0.5, 0.6) is 5.75 Å². The van der Waals surface area contributed by atoms with E-state index in [0.29, 0.717) is 31.9 Å². The number of hydrogen-bond donors (Lipinski definition) is 1. The van der Waals surface area contributed by atoms with Crippen LogP contribution in [0.1, 0.15) is 20.2 Å². The van der Waals surface area contributed by atoms with E-state index < -0.39 is 6.61 Å². The number of carbonyl (C=O) groups excluding carboxylic acids is 2. The van der Waals surface area contributed by atoms with Gasteiger partial charge in [-0.1, -0.05) is 18.2 Å². The molecule has 0 bridgehead atoms. The number of aromatic nitrogens is 1. The van der Waals surface area contributed by atoms with Crippen molar-refractivity contribution < 1.29 is 23.1 Å². The molecule has 0 unspecified atom stereocenters. The summed E-state index contributed by atoms with van der Waals surface area (Å²) < 4.78 is 29.3. The summed E-state index contributed by atoms with van der Waals surface area (Å²) in [6.07, 6.45) is 0. The van der Waals surface area contributed by atoms with E-state index >= 15 is 0 Å². The fourth-order valence-electron chi connectivity index (χ4n) is 3.26. The monoisotopic (exact) mass is 405 g/mol. The van der Waals surface area contributed by atoms with E-state index in [-0.39, 0.29) is 22.4 Å². The van der Waals surface area contributed by atoms with Gasteiger partial charge < -0.3 is 19.5 Å². The number of thiophene rings is 1. The first kappa shape index (κ1) is 18.4. The zero-order valence-corrected chi connectivity index (χ0v) is 15.5. The number of fused-ring (bicyclic) bond motifs is 1. The van der Waals surface area contributed by atoms with E-state index in [1.807, 2.05) is 30.3 Å². The topological polar surface area (TPSA) is 65.6 Å². The molecule has 2 amide bonds. The Labute approximate surface area is 163 Å². The number of rotatable bonds is 4. The molecule has 1 fully saturated rings. The third kappa shape index (κ3) is 3.57. The molecular formula is C19H17F2N3O3S. The van der Waals surface area contributed by atoms with Crippen molar-refractivity contribution in [3.05, 3.63) is 52.3 Å². The number of aromatic amines is 1. The minimum atomic E-state index is -2.98. The quantitative estimate of drug-likeness (QED) is 0.723. The van der Waals surface area contributed by atoms with Crippen LogP contribution in [0.15, 0.2) is 41.8 Å². The molecule has 4 rings (SSSR count). The van der Waals surface area contributed by atoms with Crippen LogP contribution in [0.3, 0.4) is 0 Å².